The van der Waals surface area contributed by atoms with E-state index in [0.717, 1.165) is 15.6 Å². The van der Waals surface area contributed by atoms with E-state index in [1.54, 1.807) is 14.2 Å². The van der Waals surface area contributed by atoms with Crippen LogP contribution in [0.25, 0.3) is 0 Å². The fourth-order valence-electron chi connectivity index (χ4n) is 2.24. The molecule has 118 valence electrons. The molecule has 0 radical (unpaired) electrons. The molecule has 0 aliphatic rings. The first-order valence-electron chi connectivity index (χ1n) is 6.99. The van der Waals surface area contributed by atoms with Gasteiger partial charge in [0.25, 0.3) is 0 Å². The highest BCUT2D eigenvalue weighted by Crippen LogP contribution is 2.33. The van der Waals surface area contributed by atoms with Crippen LogP contribution in [0.2, 0.25) is 0 Å². The zero-order valence-corrected chi connectivity index (χ0v) is 14.3. The maximum Gasteiger partial charge on any atom is 0.161 e. The SMILES string of the molecule is COc1cc(Br)c(CNC(CO)c2ccccc2)cc1OC. The van der Waals surface area contributed by atoms with Gasteiger partial charge in [0.2, 0.25) is 0 Å². The van der Waals surface area contributed by atoms with E-state index in [1.807, 2.05) is 42.5 Å². The van der Waals surface area contributed by atoms with Crippen molar-refractivity contribution in [3.05, 3.63) is 58.1 Å². The van der Waals surface area contributed by atoms with E-state index >= 15 is 0 Å². The summed E-state index contributed by atoms with van der Waals surface area (Å²) in [5, 5.41) is 12.9. The molecule has 2 N–H and O–H groups in total. The predicted molar refractivity (Wildman–Crippen MR) is 90.4 cm³/mol. The van der Waals surface area contributed by atoms with Gasteiger partial charge >= 0.3 is 0 Å². The van der Waals surface area contributed by atoms with Crippen LogP contribution in [0.15, 0.2) is 46.9 Å². The van der Waals surface area contributed by atoms with Gasteiger partial charge in [-0.3, -0.25) is 0 Å². The van der Waals surface area contributed by atoms with Crippen molar-refractivity contribution in [3.8, 4) is 11.5 Å². The second-order valence-electron chi connectivity index (χ2n) is 4.83. The van der Waals surface area contributed by atoms with E-state index in [9.17, 15) is 5.11 Å². The number of aliphatic hydroxyl groups is 1. The molecule has 4 nitrogen and oxygen atoms in total. The lowest BCUT2D eigenvalue weighted by Crippen LogP contribution is -2.24. The molecule has 0 aliphatic carbocycles. The number of hydrogen-bond acceptors (Lipinski definition) is 4. The Balaban J connectivity index is 2.13. The lowest BCUT2D eigenvalue weighted by atomic mass is 10.1. The Morgan fingerprint density at radius 3 is 2.32 bits per heavy atom. The summed E-state index contributed by atoms with van der Waals surface area (Å²) < 4.78 is 11.5. The molecule has 0 saturated heterocycles. The number of methoxy groups -OCH3 is 2. The van der Waals surface area contributed by atoms with E-state index in [-0.39, 0.29) is 12.6 Å². The van der Waals surface area contributed by atoms with E-state index < -0.39 is 0 Å². The molecule has 1 atom stereocenters. The van der Waals surface area contributed by atoms with Crippen LogP contribution in [0, 0.1) is 0 Å². The van der Waals surface area contributed by atoms with Crippen molar-refractivity contribution in [1.82, 2.24) is 5.32 Å². The maximum absolute atomic E-state index is 9.59. The van der Waals surface area contributed by atoms with Crippen LogP contribution in [-0.4, -0.2) is 25.9 Å². The number of nitrogens with one attached hydrogen (secondary N) is 1. The highest BCUT2D eigenvalue weighted by molar-refractivity contribution is 9.10. The van der Waals surface area contributed by atoms with Crippen LogP contribution in [0.3, 0.4) is 0 Å². The lowest BCUT2D eigenvalue weighted by Gasteiger charge is -2.18. The van der Waals surface area contributed by atoms with Crippen LogP contribution in [0.4, 0.5) is 0 Å². The van der Waals surface area contributed by atoms with Crippen molar-refractivity contribution >= 4 is 15.9 Å². The number of ether oxygens (including phenoxy) is 2. The Hall–Kier alpha value is -1.56. The van der Waals surface area contributed by atoms with Crippen molar-refractivity contribution in [2.45, 2.75) is 12.6 Å². The van der Waals surface area contributed by atoms with Crippen molar-refractivity contribution in [1.29, 1.82) is 0 Å². The number of hydrogen-bond donors (Lipinski definition) is 2. The normalized spacial score (nSPS) is 12.0. The van der Waals surface area contributed by atoms with Gasteiger partial charge in [0.15, 0.2) is 11.5 Å². The molecule has 0 heterocycles. The average molecular weight is 366 g/mol. The van der Waals surface area contributed by atoms with Crippen molar-refractivity contribution in [2.24, 2.45) is 0 Å². The average Bonchev–Trinajstić information content (AvgIpc) is 2.57. The van der Waals surface area contributed by atoms with E-state index in [1.165, 1.54) is 0 Å². The third-order valence-electron chi connectivity index (χ3n) is 3.48. The van der Waals surface area contributed by atoms with Crippen LogP contribution in [-0.2, 0) is 6.54 Å². The minimum Gasteiger partial charge on any atom is -0.493 e. The first kappa shape index (κ1) is 16.8. The molecule has 0 fully saturated rings. The van der Waals surface area contributed by atoms with Crippen LogP contribution in [0.1, 0.15) is 17.2 Å². The van der Waals surface area contributed by atoms with Crippen LogP contribution >= 0.6 is 15.9 Å². The van der Waals surface area contributed by atoms with E-state index in [0.29, 0.717) is 18.0 Å². The predicted octanol–water partition coefficient (Wildman–Crippen LogP) is 3.29. The maximum atomic E-state index is 9.59. The molecule has 0 aromatic heterocycles. The summed E-state index contributed by atoms with van der Waals surface area (Å²) in [6.45, 7) is 0.635. The second kappa shape index (κ2) is 8.17. The highest BCUT2D eigenvalue weighted by Gasteiger charge is 2.13. The molecule has 0 bridgehead atoms. The van der Waals surface area contributed by atoms with Gasteiger partial charge in [-0.05, 0) is 23.3 Å². The van der Waals surface area contributed by atoms with Gasteiger partial charge in [0.1, 0.15) is 0 Å². The third-order valence-corrected chi connectivity index (χ3v) is 4.21. The van der Waals surface area contributed by atoms with E-state index in [2.05, 4.69) is 21.2 Å². The molecular weight excluding hydrogens is 346 g/mol. The van der Waals surface area contributed by atoms with Crippen LogP contribution < -0.4 is 14.8 Å². The number of rotatable bonds is 7. The molecular formula is C17H20BrNO3. The molecule has 2 aromatic carbocycles. The smallest absolute Gasteiger partial charge is 0.161 e. The summed E-state index contributed by atoms with van der Waals surface area (Å²) in [5.41, 5.74) is 2.09. The van der Waals surface area contributed by atoms with Crippen molar-refractivity contribution in [2.75, 3.05) is 20.8 Å². The zero-order valence-electron chi connectivity index (χ0n) is 12.7. The summed E-state index contributed by atoms with van der Waals surface area (Å²) in [4.78, 5) is 0. The Morgan fingerprint density at radius 2 is 1.73 bits per heavy atom. The fourth-order valence-corrected chi connectivity index (χ4v) is 2.70. The Labute approximate surface area is 139 Å². The Bertz CT molecular complexity index is 604. The minimum atomic E-state index is -0.110. The number of benzene rings is 2. The first-order valence-corrected chi connectivity index (χ1v) is 7.78. The monoisotopic (exact) mass is 365 g/mol. The number of aliphatic hydroxyl groups excluding tert-OH is 1. The third kappa shape index (κ3) is 4.00. The summed E-state index contributed by atoms with van der Waals surface area (Å²) in [7, 11) is 3.23. The summed E-state index contributed by atoms with van der Waals surface area (Å²) in [6.07, 6.45) is 0. The van der Waals surface area contributed by atoms with Gasteiger partial charge in [-0.15, -0.1) is 0 Å². The molecule has 5 heteroatoms. The molecule has 0 amide bonds. The van der Waals surface area contributed by atoms with Gasteiger partial charge in [0, 0.05) is 11.0 Å². The van der Waals surface area contributed by atoms with E-state index in [4.69, 9.17) is 9.47 Å². The van der Waals surface area contributed by atoms with Gasteiger partial charge in [-0.2, -0.15) is 0 Å². The van der Waals surface area contributed by atoms with Gasteiger partial charge in [-0.25, -0.2) is 0 Å². The van der Waals surface area contributed by atoms with Gasteiger partial charge in [-0.1, -0.05) is 46.3 Å². The quantitative estimate of drug-likeness (QED) is 0.790. The largest absolute Gasteiger partial charge is 0.493 e. The van der Waals surface area contributed by atoms with Gasteiger partial charge in [0.05, 0.1) is 26.9 Å². The molecule has 0 saturated carbocycles. The Kier molecular flexibility index (Phi) is 6.24. The summed E-state index contributed by atoms with van der Waals surface area (Å²) in [5.74, 6) is 1.36. The fraction of sp³-hybridized carbons (Fsp3) is 0.294. The zero-order chi connectivity index (χ0) is 15.9. The first-order chi connectivity index (χ1) is 10.7. The molecule has 1 unspecified atom stereocenters. The molecule has 2 aromatic rings. The number of halogens is 1. The summed E-state index contributed by atoms with van der Waals surface area (Å²) in [6, 6.07) is 13.6. The molecule has 2 rings (SSSR count). The Morgan fingerprint density at radius 1 is 1.09 bits per heavy atom. The topological polar surface area (TPSA) is 50.7 Å². The molecule has 0 aliphatic heterocycles. The van der Waals surface area contributed by atoms with Crippen molar-refractivity contribution in [3.63, 3.8) is 0 Å². The standard InChI is InChI=1S/C17H20BrNO3/c1-21-16-8-13(14(18)9-17(16)22-2)10-19-15(11-20)12-6-4-3-5-7-12/h3-9,15,19-20H,10-11H2,1-2H3. The van der Waals surface area contributed by atoms with Crippen molar-refractivity contribution < 1.29 is 14.6 Å². The summed E-state index contributed by atoms with van der Waals surface area (Å²) >= 11 is 3.54. The minimum absolute atomic E-state index is 0.0366. The molecule has 0 spiro atoms. The van der Waals surface area contributed by atoms with Crippen LogP contribution in [0.5, 0.6) is 11.5 Å². The lowest BCUT2D eigenvalue weighted by molar-refractivity contribution is 0.243. The second-order valence-corrected chi connectivity index (χ2v) is 5.68. The van der Waals surface area contributed by atoms with Gasteiger partial charge < -0.3 is 19.9 Å². The highest BCUT2D eigenvalue weighted by atomic mass is 79.9. The molecule has 22 heavy (non-hydrogen) atoms.